The van der Waals surface area contributed by atoms with Crippen LogP contribution in [0.4, 0.5) is 11.5 Å². The third-order valence-electron chi connectivity index (χ3n) is 5.62. The first-order chi connectivity index (χ1) is 14.8. The summed E-state index contributed by atoms with van der Waals surface area (Å²) in [6.07, 6.45) is 9.20. The first-order valence-corrected chi connectivity index (χ1v) is 10.6. The van der Waals surface area contributed by atoms with Gasteiger partial charge in [0.25, 0.3) is 0 Å². The molecule has 1 aliphatic heterocycles. The molecule has 0 saturated heterocycles. The van der Waals surface area contributed by atoms with Gasteiger partial charge < -0.3 is 10.2 Å². The molecule has 0 radical (unpaired) electrons. The predicted molar refractivity (Wildman–Crippen MR) is 120 cm³/mol. The summed E-state index contributed by atoms with van der Waals surface area (Å²) < 4.78 is 1.93. The van der Waals surface area contributed by atoms with Gasteiger partial charge >= 0.3 is 0 Å². The number of nitrogens with zero attached hydrogens (tertiary/aromatic N) is 6. The summed E-state index contributed by atoms with van der Waals surface area (Å²) in [5.41, 5.74) is 4.93. The molecule has 3 aromatic heterocycles. The standard InChI is InChI=1S/C23H29N7O/c1-14(2)21-23(31)28-20-16(4)26-19(27-22(20)29(21)5)7-6-17-11-25-30(12-17)13-18-8-15(3)9-24-10-18/h8-12,14,21H,6-7,13H2,1-5H3,(H,28,31)/t21-/m0/s1. The number of pyridine rings is 1. The number of nitrogens with one attached hydrogen (secondary N) is 1. The number of aromatic nitrogens is 5. The maximum absolute atomic E-state index is 12.5. The molecule has 4 rings (SSSR count). The van der Waals surface area contributed by atoms with E-state index in [1.807, 2.05) is 62.9 Å². The van der Waals surface area contributed by atoms with Gasteiger partial charge in [-0.05, 0) is 42.9 Å². The Bertz CT molecular complexity index is 1110. The minimum absolute atomic E-state index is 0.000624. The van der Waals surface area contributed by atoms with Crippen molar-refractivity contribution >= 4 is 17.4 Å². The number of likely N-dealkylation sites (N-methyl/N-ethyl adjacent to an activating group) is 1. The molecule has 1 amide bonds. The van der Waals surface area contributed by atoms with Gasteiger partial charge in [0.15, 0.2) is 5.82 Å². The summed E-state index contributed by atoms with van der Waals surface area (Å²) in [7, 11) is 1.93. The topological polar surface area (TPSA) is 88.8 Å². The number of anilines is 2. The number of amides is 1. The normalized spacial score (nSPS) is 15.9. The Morgan fingerprint density at radius 1 is 1.10 bits per heavy atom. The summed E-state index contributed by atoms with van der Waals surface area (Å²) in [5, 5.41) is 7.48. The van der Waals surface area contributed by atoms with Crippen molar-refractivity contribution in [3.05, 3.63) is 59.1 Å². The first-order valence-electron chi connectivity index (χ1n) is 10.6. The van der Waals surface area contributed by atoms with Gasteiger partial charge in [-0.1, -0.05) is 19.9 Å². The molecule has 0 aliphatic carbocycles. The molecular formula is C23H29N7O. The lowest BCUT2D eigenvalue weighted by molar-refractivity contribution is -0.118. The Hall–Kier alpha value is -3.29. The van der Waals surface area contributed by atoms with Crippen molar-refractivity contribution in [3.63, 3.8) is 0 Å². The average molecular weight is 420 g/mol. The zero-order valence-corrected chi connectivity index (χ0v) is 18.8. The van der Waals surface area contributed by atoms with Gasteiger partial charge in [-0.2, -0.15) is 5.10 Å². The van der Waals surface area contributed by atoms with Crippen molar-refractivity contribution in [1.29, 1.82) is 0 Å². The van der Waals surface area contributed by atoms with E-state index in [4.69, 9.17) is 4.98 Å². The molecule has 0 bridgehead atoms. The van der Waals surface area contributed by atoms with Crippen LogP contribution in [0, 0.1) is 19.8 Å². The number of hydrogen-bond acceptors (Lipinski definition) is 6. The van der Waals surface area contributed by atoms with E-state index in [1.54, 1.807) is 0 Å². The monoisotopic (exact) mass is 419 g/mol. The summed E-state index contributed by atoms with van der Waals surface area (Å²) >= 11 is 0. The maximum atomic E-state index is 12.5. The molecule has 1 atom stereocenters. The van der Waals surface area contributed by atoms with Crippen molar-refractivity contribution in [2.75, 3.05) is 17.3 Å². The van der Waals surface area contributed by atoms with Crippen LogP contribution in [0.3, 0.4) is 0 Å². The van der Waals surface area contributed by atoms with Crippen molar-refractivity contribution in [2.24, 2.45) is 5.92 Å². The van der Waals surface area contributed by atoms with E-state index >= 15 is 0 Å². The molecule has 3 aromatic rings. The van der Waals surface area contributed by atoms with Crippen LogP contribution in [-0.4, -0.2) is 43.7 Å². The number of rotatable bonds is 6. The quantitative estimate of drug-likeness (QED) is 0.661. The largest absolute Gasteiger partial charge is 0.346 e. The third-order valence-corrected chi connectivity index (χ3v) is 5.62. The molecule has 31 heavy (non-hydrogen) atoms. The molecule has 0 aromatic carbocycles. The summed E-state index contributed by atoms with van der Waals surface area (Å²) in [6, 6.07) is 1.89. The van der Waals surface area contributed by atoms with E-state index in [0.717, 1.165) is 40.4 Å². The van der Waals surface area contributed by atoms with Crippen LogP contribution in [0.25, 0.3) is 0 Å². The Morgan fingerprint density at radius 3 is 2.65 bits per heavy atom. The zero-order valence-electron chi connectivity index (χ0n) is 18.8. The lowest BCUT2D eigenvalue weighted by Crippen LogP contribution is -2.49. The number of carbonyl (C=O) groups is 1. The molecule has 1 aliphatic rings. The fourth-order valence-corrected chi connectivity index (χ4v) is 4.15. The molecule has 8 nitrogen and oxygen atoms in total. The smallest absolute Gasteiger partial charge is 0.247 e. The molecule has 0 saturated carbocycles. The van der Waals surface area contributed by atoms with Crippen molar-refractivity contribution < 1.29 is 4.79 Å². The molecular weight excluding hydrogens is 390 g/mol. The predicted octanol–water partition coefficient (Wildman–Crippen LogP) is 2.93. The Balaban J connectivity index is 1.47. The highest BCUT2D eigenvalue weighted by Gasteiger charge is 2.35. The Labute approximate surface area is 182 Å². The number of carbonyl (C=O) groups excluding carboxylic acids is 1. The molecule has 0 spiro atoms. The Morgan fingerprint density at radius 2 is 1.90 bits per heavy atom. The van der Waals surface area contributed by atoms with Gasteiger partial charge in [-0.25, -0.2) is 9.97 Å². The second-order valence-electron chi connectivity index (χ2n) is 8.63. The molecule has 162 valence electrons. The molecule has 8 heteroatoms. The van der Waals surface area contributed by atoms with E-state index in [0.29, 0.717) is 18.7 Å². The number of hydrogen-bond donors (Lipinski definition) is 1. The number of aryl methyl sites for hydroxylation is 4. The second kappa shape index (κ2) is 8.45. The summed E-state index contributed by atoms with van der Waals surface area (Å²) in [6.45, 7) is 8.75. The van der Waals surface area contributed by atoms with Crippen LogP contribution in [0.15, 0.2) is 30.9 Å². The van der Waals surface area contributed by atoms with Crippen LogP contribution >= 0.6 is 0 Å². The van der Waals surface area contributed by atoms with Crippen LogP contribution < -0.4 is 10.2 Å². The van der Waals surface area contributed by atoms with Crippen molar-refractivity contribution in [3.8, 4) is 0 Å². The van der Waals surface area contributed by atoms with Crippen molar-refractivity contribution in [2.45, 2.75) is 53.1 Å². The lowest BCUT2D eigenvalue weighted by Gasteiger charge is -2.36. The fraction of sp³-hybridized carbons (Fsp3) is 0.435. The van der Waals surface area contributed by atoms with E-state index < -0.39 is 0 Å². The van der Waals surface area contributed by atoms with E-state index in [1.165, 1.54) is 0 Å². The third kappa shape index (κ3) is 4.42. The average Bonchev–Trinajstić information content (AvgIpc) is 3.14. The van der Waals surface area contributed by atoms with Crippen molar-refractivity contribution in [1.82, 2.24) is 24.7 Å². The van der Waals surface area contributed by atoms with E-state index in [2.05, 4.69) is 32.6 Å². The van der Waals surface area contributed by atoms with Gasteiger partial charge in [0.05, 0.1) is 18.4 Å². The minimum atomic E-state index is -0.232. The van der Waals surface area contributed by atoms with E-state index in [-0.39, 0.29) is 17.9 Å². The lowest BCUT2D eigenvalue weighted by atomic mass is 9.99. The first kappa shape index (κ1) is 21.0. The van der Waals surface area contributed by atoms with Gasteiger partial charge in [0.1, 0.15) is 17.6 Å². The Kier molecular flexibility index (Phi) is 5.71. The molecule has 1 N–H and O–H groups in total. The van der Waals surface area contributed by atoms with E-state index in [9.17, 15) is 4.79 Å². The highest BCUT2D eigenvalue weighted by molar-refractivity contribution is 6.03. The van der Waals surface area contributed by atoms with Gasteiger partial charge in [0.2, 0.25) is 5.91 Å². The summed E-state index contributed by atoms with van der Waals surface area (Å²) in [5.74, 6) is 1.76. The van der Waals surface area contributed by atoms with Gasteiger partial charge in [-0.15, -0.1) is 0 Å². The highest BCUT2D eigenvalue weighted by Crippen LogP contribution is 2.33. The molecule has 0 fully saturated rings. The highest BCUT2D eigenvalue weighted by atomic mass is 16.2. The van der Waals surface area contributed by atoms with Crippen LogP contribution in [0.1, 0.15) is 42.1 Å². The SMILES string of the molecule is Cc1cncc(Cn2cc(CCc3nc(C)c4c(n3)N(C)[C@@H](C(C)C)C(=O)N4)cn2)c1. The van der Waals surface area contributed by atoms with Crippen LogP contribution in [0.5, 0.6) is 0 Å². The maximum Gasteiger partial charge on any atom is 0.247 e. The molecule has 4 heterocycles. The minimum Gasteiger partial charge on any atom is -0.346 e. The zero-order chi connectivity index (χ0) is 22.1. The van der Waals surface area contributed by atoms with Crippen LogP contribution in [0.2, 0.25) is 0 Å². The van der Waals surface area contributed by atoms with Gasteiger partial charge in [-0.3, -0.25) is 14.5 Å². The van der Waals surface area contributed by atoms with Crippen LogP contribution in [-0.2, 0) is 24.2 Å². The number of fused-ring (bicyclic) bond motifs is 1. The fourth-order valence-electron chi connectivity index (χ4n) is 4.15. The summed E-state index contributed by atoms with van der Waals surface area (Å²) in [4.78, 5) is 28.1. The second-order valence-corrected chi connectivity index (χ2v) is 8.63. The van der Waals surface area contributed by atoms with Gasteiger partial charge in [0, 0.05) is 32.1 Å². The molecule has 0 unspecified atom stereocenters.